The van der Waals surface area contributed by atoms with Crippen LogP contribution < -0.4 is 10.1 Å². The Bertz CT molecular complexity index is 453. The summed E-state index contributed by atoms with van der Waals surface area (Å²) in [5, 5.41) is 2.79. The van der Waals surface area contributed by atoms with Crippen molar-refractivity contribution in [1.29, 1.82) is 0 Å². The maximum absolute atomic E-state index is 12.7. The van der Waals surface area contributed by atoms with Crippen LogP contribution in [0.4, 0.5) is 4.39 Å². The molecular weight excluding hydrogens is 275 g/mol. The van der Waals surface area contributed by atoms with E-state index in [0.717, 1.165) is 26.1 Å². The molecule has 1 heterocycles. The molecule has 1 aromatic rings. The van der Waals surface area contributed by atoms with E-state index in [1.165, 1.54) is 24.3 Å². The molecule has 0 saturated carbocycles. The van der Waals surface area contributed by atoms with E-state index in [1.807, 2.05) is 0 Å². The summed E-state index contributed by atoms with van der Waals surface area (Å²) in [5.41, 5.74) is 0. The minimum absolute atomic E-state index is 0.0724. The Kier molecular flexibility index (Phi) is 5.95. The van der Waals surface area contributed by atoms with Crippen LogP contribution in [0.1, 0.15) is 6.42 Å². The van der Waals surface area contributed by atoms with Crippen molar-refractivity contribution >= 4 is 5.91 Å². The second kappa shape index (κ2) is 7.95. The monoisotopic (exact) mass is 296 g/mol. The molecule has 1 saturated heterocycles. The molecule has 5 nitrogen and oxygen atoms in total. The minimum Gasteiger partial charge on any atom is -0.484 e. The number of nitrogens with one attached hydrogen (secondary N) is 1. The Hall–Kier alpha value is -1.66. The van der Waals surface area contributed by atoms with Gasteiger partial charge in [0, 0.05) is 19.6 Å². The molecule has 6 heteroatoms. The van der Waals surface area contributed by atoms with Crippen LogP contribution in [0.25, 0.3) is 0 Å². The van der Waals surface area contributed by atoms with Gasteiger partial charge in [0.25, 0.3) is 5.91 Å². The summed E-state index contributed by atoms with van der Waals surface area (Å²) >= 11 is 0. The van der Waals surface area contributed by atoms with Gasteiger partial charge in [-0.1, -0.05) is 0 Å². The van der Waals surface area contributed by atoms with Crippen molar-refractivity contribution in [2.45, 2.75) is 12.5 Å². The lowest BCUT2D eigenvalue weighted by molar-refractivity contribution is -0.123. The molecule has 0 radical (unpaired) electrons. The molecule has 2 rings (SSSR count). The zero-order chi connectivity index (χ0) is 15.1. The van der Waals surface area contributed by atoms with Gasteiger partial charge in [0.2, 0.25) is 0 Å². The molecule has 1 aliphatic rings. The zero-order valence-corrected chi connectivity index (χ0v) is 12.2. The second-order valence-electron chi connectivity index (χ2n) is 5.14. The normalized spacial score (nSPS) is 19.2. The third kappa shape index (κ3) is 5.69. The molecule has 0 aromatic heterocycles. The first-order valence-corrected chi connectivity index (χ1v) is 7.08. The summed E-state index contributed by atoms with van der Waals surface area (Å²) < 4.78 is 23.6. The molecule has 0 aliphatic carbocycles. The molecule has 1 aliphatic heterocycles. The Morgan fingerprint density at radius 3 is 2.95 bits per heavy atom. The first-order valence-electron chi connectivity index (χ1n) is 7.08. The number of hydrogen-bond acceptors (Lipinski definition) is 4. The highest BCUT2D eigenvalue weighted by molar-refractivity contribution is 5.77. The van der Waals surface area contributed by atoms with Gasteiger partial charge in [-0.25, -0.2) is 4.39 Å². The number of carbonyl (C=O) groups is 1. The van der Waals surface area contributed by atoms with Crippen molar-refractivity contribution in [1.82, 2.24) is 10.2 Å². The smallest absolute Gasteiger partial charge is 0.257 e. The summed E-state index contributed by atoms with van der Waals surface area (Å²) in [6.07, 6.45) is 0.953. The molecule has 0 spiro atoms. The van der Waals surface area contributed by atoms with Crippen LogP contribution in [-0.2, 0) is 9.53 Å². The first-order chi connectivity index (χ1) is 10.1. The highest BCUT2D eigenvalue weighted by Gasteiger charge is 2.17. The maximum atomic E-state index is 12.7. The van der Waals surface area contributed by atoms with Gasteiger partial charge in [0.1, 0.15) is 11.6 Å². The number of carbonyl (C=O) groups excluding carboxylic acids is 1. The van der Waals surface area contributed by atoms with E-state index in [9.17, 15) is 9.18 Å². The fourth-order valence-corrected chi connectivity index (χ4v) is 2.14. The predicted molar refractivity (Wildman–Crippen MR) is 76.8 cm³/mol. The summed E-state index contributed by atoms with van der Waals surface area (Å²) in [4.78, 5) is 13.8. The van der Waals surface area contributed by atoms with Crippen LogP contribution in [0.2, 0.25) is 0 Å². The number of benzene rings is 1. The lowest BCUT2D eigenvalue weighted by atomic mass is 10.2. The lowest BCUT2D eigenvalue weighted by Gasteiger charge is -2.30. The van der Waals surface area contributed by atoms with Gasteiger partial charge in [-0.05, 0) is 37.7 Å². The average molecular weight is 296 g/mol. The highest BCUT2D eigenvalue weighted by atomic mass is 19.1. The zero-order valence-electron chi connectivity index (χ0n) is 12.2. The van der Waals surface area contributed by atoms with E-state index < -0.39 is 0 Å². The van der Waals surface area contributed by atoms with E-state index >= 15 is 0 Å². The number of ether oxygens (including phenoxy) is 2. The molecule has 1 atom stereocenters. The molecular formula is C15H21FN2O3. The van der Waals surface area contributed by atoms with Gasteiger partial charge in [-0.2, -0.15) is 0 Å². The number of halogens is 1. The number of nitrogens with zero attached hydrogens (tertiary/aromatic N) is 1. The van der Waals surface area contributed by atoms with Gasteiger partial charge >= 0.3 is 0 Å². The Morgan fingerprint density at radius 2 is 2.24 bits per heavy atom. The van der Waals surface area contributed by atoms with Gasteiger partial charge < -0.3 is 19.7 Å². The molecule has 1 amide bonds. The van der Waals surface area contributed by atoms with Crippen LogP contribution in [0.15, 0.2) is 24.3 Å². The second-order valence-corrected chi connectivity index (χ2v) is 5.14. The van der Waals surface area contributed by atoms with Crippen LogP contribution in [0.5, 0.6) is 5.75 Å². The quantitative estimate of drug-likeness (QED) is 0.852. The van der Waals surface area contributed by atoms with E-state index in [1.54, 1.807) is 0 Å². The summed E-state index contributed by atoms with van der Waals surface area (Å²) in [7, 11) is 2.06. The molecule has 1 aromatic carbocycles. The van der Waals surface area contributed by atoms with E-state index in [4.69, 9.17) is 9.47 Å². The number of hydrogen-bond donors (Lipinski definition) is 1. The van der Waals surface area contributed by atoms with Gasteiger partial charge in [-0.15, -0.1) is 0 Å². The fraction of sp³-hybridized carbons (Fsp3) is 0.533. The van der Waals surface area contributed by atoms with Gasteiger partial charge in [-0.3, -0.25) is 4.79 Å². The van der Waals surface area contributed by atoms with Gasteiger partial charge in [0.15, 0.2) is 6.61 Å². The number of amides is 1. The van der Waals surface area contributed by atoms with Crippen LogP contribution in [0, 0.1) is 5.82 Å². The highest BCUT2D eigenvalue weighted by Crippen LogP contribution is 2.10. The standard InChI is InChI=1S/C15H21FN2O3/c1-18-8-9-20-14(10-18)6-7-17-15(19)11-21-13-4-2-12(16)3-5-13/h2-5,14H,6-11H2,1H3,(H,17,19). The minimum atomic E-state index is -0.329. The van der Waals surface area contributed by atoms with Crippen molar-refractivity contribution in [2.75, 3.05) is 39.9 Å². The molecule has 0 bridgehead atoms. The summed E-state index contributed by atoms with van der Waals surface area (Å²) in [6.45, 7) is 3.07. The summed E-state index contributed by atoms with van der Waals surface area (Å²) in [5.74, 6) is -0.0449. The Morgan fingerprint density at radius 1 is 1.48 bits per heavy atom. The molecule has 116 valence electrons. The van der Waals surface area contributed by atoms with Crippen LogP contribution in [-0.4, -0.2) is 56.8 Å². The topological polar surface area (TPSA) is 50.8 Å². The molecule has 1 fully saturated rings. The van der Waals surface area contributed by atoms with Crippen molar-refractivity contribution in [3.63, 3.8) is 0 Å². The van der Waals surface area contributed by atoms with Crippen molar-refractivity contribution < 1.29 is 18.7 Å². The van der Waals surface area contributed by atoms with Crippen LogP contribution >= 0.6 is 0 Å². The molecule has 1 N–H and O–H groups in total. The fourth-order valence-electron chi connectivity index (χ4n) is 2.14. The third-order valence-electron chi connectivity index (χ3n) is 3.31. The third-order valence-corrected chi connectivity index (χ3v) is 3.31. The number of morpholine rings is 1. The largest absolute Gasteiger partial charge is 0.484 e. The van der Waals surface area contributed by atoms with Crippen LogP contribution in [0.3, 0.4) is 0 Å². The lowest BCUT2D eigenvalue weighted by Crippen LogP contribution is -2.42. The predicted octanol–water partition coefficient (Wildman–Crippen LogP) is 1.04. The van der Waals surface area contributed by atoms with E-state index in [0.29, 0.717) is 12.3 Å². The molecule has 1 unspecified atom stereocenters. The van der Waals surface area contributed by atoms with Crippen molar-refractivity contribution in [2.24, 2.45) is 0 Å². The Balaban J connectivity index is 1.60. The summed E-state index contributed by atoms with van der Waals surface area (Å²) in [6, 6.07) is 5.58. The average Bonchev–Trinajstić information content (AvgIpc) is 2.47. The van der Waals surface area contributed by atoms with Gasteiger partial charge in [0.05, 0.1) is 12.7 Å². The SMILES string of the molecule is CN1CCOC(CCNC(=O)COc2ccc(F)cc2)C1. The molecule has 21 heavy (non-hydrogen) atoms. The maximum Gasteiger partial charge on any atom is 0.257 e. The van der Waals surface area contributed by atoms with Crippen molar-refractivity contribution in [3.8, 4) is 5.75 Å². The van der Waals surface area contributed by atoms with E-state index in [2.05, 4.69) is 17.3 Å². The van der Waals surface area contributed by atoms with E-state index in [-0.39, 0.29) is 24.4 Å². The van der Waals surface area contributed by atoms with Crippen molar-refractivity contribution in [3.05, 3.63) is 30.1 Å². The number of rotatable bonds is 6. The Labute approximate surface area is 124 Å². The number of likely N-dealkylation sites (N-methyl/N-ethyl adjacent to an activating group) is 1. The first kappa shape index (κ1) is 15.7.